The van der Waals surface area contributed by atoms with E-state index in [-0.39, 0.29) is 17.4 Å². The molecule has 296 valence electrons. The topological polar surface area (TPSA) is 16.4 Å². The van der Waals surface area contributed by atoms with Crippen LogP contribution in [-0.2, 0) is 17.3 Å². The molecule has 2 heteroatoms. The summed E-state index contributed by atoms with van der Waals surface area (Å²) in [5, 5.41) is 2.30. The summed E-state index contributed by atoms with van der Waals surface area (Å²) in [6, 6.07) is 68.2. The summed E-state index contributed by atoms with van der Waals surface area (Å²) in [4.78, 5) is 2.63. The average molecular weight is 796 g/mol. The van der Waals surface area contributed by atoms with Gasteiger partial charge in [-0.05, 0) is 127 Å². The van der Waals surface area contributed by atoms with E-state index in [0.29, 0.717) is 0 Å². The normalized spacial score (nSPS) is 18.3. The van der Waals surface area contributed by atoms with Crippen LogP contribution in [0.25, 0.3) is 49.8 Å². The number of rotatable bonds is 4. The molecule has 0 aliphatic heterocycles. The van der Waals surface area contributed by atoms with Gasteiger partial charge in [0.15, 0.2) is 0 Å². The molecule has 62 heavy (non-hydrogen) atoms. The molecule has 0 amide bonds. The Kier molecular flexibility index (Phi) is 7.42. The Labute approximate surface area is 363 Å². The lowest BCUT2D eigenvalue weighted by atomic mass is 9.61. The molecule has 1 spiro atoms. The molecule has 2 atom stereocenters. The van der Waals surface area contributed by atoms with E-state index in [9.17, 15) is 0 Å². The minimum atomic E-state index is -0.434. The molecule has 0 radical (unpaired) electrons. The van der Waals surface area contributed by atoms with Gasteiger partial charge in [0.2, 0.25) is 0 Å². The maximum Gasteiger partial charge on any atom is 0.136 e. The molecule has 0 saturated carbocycles. The Morgan fingerprint density at radius 1 is 0.500 bits per heavy atom. The third kappa shape index (κ3) is 4.75. The summed E-state index contributed by atoms with van der Waals surface area (Å²) in [6.45, 7) is 7.31. The monoisotopic (exact) mass is 795 g/mol. The molecule has 2 nitrogen and oxygen atoms in total. The van der Waals surface area contributed by atoms with Crippen molar-refractivity contribution in [2.45, 2.75) is 44.1 Å². The zero-order valence-corrected chi connectivity index (χ0v) is 35.2. The molecule has 13 rings (SSSR count). The van der Waals surface area contributed by atoms with E-state index in [0.717, 1.165) is 33.9 Å². The van der Waals surface area contributed by atoms with Crippen LogP contribution in [0.4, 0.5) is 11.4 Å². The highest BCUT2D eigenvalue weighted by Gasteiger charge is 2.50. The number of para-hydroxylation sites is 1. The molecule has 0 fully saturated rings. The van der Waals surface area contributed by atoms with E-state index in [1.54, 1.807) is 0 Å². The van der Waals surface area contributed by atoms with Crippen molar-refractivity contribution in [1.29, 1.82) is 0 Å². The number of fused-ring (bicyclic) bond motifs is 14. The number of hydrogen-bond acceptors (Lipinski definition) is 2. The van der Waals surface area contributed by atoms with Crippen molar-refractivity contribution in [3.8, 4) is 22.3 Å². The van der Waals surface area contributed by atoms with Crippen molar-refractivity contribution in [2.24, 2.45) is 5.92 Å². The van der Waals surface area contributed by atoms with Crippen LogP contribution >= 0.6 is 0 Å². The van der Waals surface area contributed by atoms with E-state index in [2.05, 4.69) is 214 Å². The Balaban J connectivity index is 0.998. The third-order valence-electron chi connectivity index (χ3n) is 15.0. The summed E-state index contributed by atoms with van der Waals surface area (Å²) in [5.74, 6) is 0.239. The van der Waals surface area contributed by atoms with Crippen LogP contribution in [0.15, 0.2) is 204 Å². The first-order valence-electron chi connectivity index (χ1n) is 22.2. The van der Waals surface area contributed by atoms with Crippen LogP contribution < -0.4 is 4.90 Å². The van der Waals surface area contributed by atoms with Gasteiger partial charge in [-0.25, -0.2) is 0 Å². The molecule has 4 aliphatic carbocycles. The highest BCUT2D eigenvalue weighted by Crippen LogP contribution is 2.60. The second-order valence-corrected chi connectivity index (χ2v) is 18.4. The van der Waals surface area contributed by atoms with E-state index in [1.807, 2.05) is 6.07 Å². The maximum atomic E-state index is 6.33. The first kappa shape index (κ1) is 35.6. The van der Waals surface area contributed by atoms with Crippen molar-refractivity contribution in [3.63, 3.8) is 0 Å². The summed E-state index contributed by atoms with van der Waals surface area (Å²) in [5.41, 5.74) is 22.7. The number of furan rings is 1. The quantitative estimate of drug-likeness (QED) is 0.176. The molecule has 4 aliphatic rings. The lowest BCUT2D eigenvalue weighted by molar-refractivity contribution is 0.488. The second kappa shape index (κ2) is 12.9. The molecule has 1 heterocycles. The highest BCUT2D eigenvalue weighted by atomic mass is 16.3. The van der Waals surface area contributed by atoms with Gasteiger partial charge >= 0.3 is 0 Å². The van der Waals surface area contributed by atoms with Gasteiger partial charge in [-0.15, -0.1) is 0 Å². The lowest BCUT2D eigenvalue weighted by Gasteiger charge is -2.43. The van der Waals surface area contributed by atoms with Gasteiger partial charge in [-0.3, -0.25) is 0 Å². The largest absolute Gasteiger partial charge is 0.456 e. The van der Waals surface area contributed by atoms with Gasteiger partial charge in [0.05, 0.1) is 11.5 Å². The molecule has 1 aromatic heterocycles. The number of benzene rings is 8. The Morgan fingerprint density at radius 2 is 1.10 bits per heavy atom. The van der Waals surface area contributed by atoms with Crippen LogP contribution in [0.3, 0.4) is 0 Å². The number of hydrogen-bond donors (Lipinski definition) is 0. The maximum absolute atomic E-state index is 6.33. The highest BCUT2D eigenvalue weighted by molar-refractivity contribution is 6.06. The van der Waals surface area contributed by atoms with Crippen LogP contribution in [0.1, 0.15) is 65.3 Å². The first-order chi connectivity index (χ1) is 30.4. The Bertz CT molecular complexity index is 3350. The van der Waals surface area contributed by atoms with E-state index in [1.165, 1.54) is 83.7 Å². The number of nitrogens with zero attached hydrogens (tertiary/aromatic N) is 1. The molecular weight excluding hydrogens is 751 g/mol. The van der Waals surface area contributed by atoms with Crippen LogP contribution in [0.2, 0.25) is 0 Å². The summed E-state index contributed by atoms with van der Waals surface area (Å²) in [6.07, 6.45) is 5.84. The summed E-state index contributed by atoms with van der Waals surface area (Å²) in [7, 11) is 0. The van der Waals surface area contributed by atoms with Gasteiger partial charge in [0.25, 0.3) is 0 Å². The third-order valence-corrected chi connectivity index (χ3v) is 15.0. The summed E-state index contributed by atoms with van der Waals surface area (Å²) >= 11 is 0. The second-order valence-electron chi connectivity index (χ2n) is 18.4. The molecular formula is C60H45NO. The molecule has 0 saturated heterocycles. The fraction of sp³-hybridized carbons (Fsp3) is 0.133. The average Bonchev–Trinajstić information content (AvgIpc) is 3.91. The van der Waals surface area contributed by atoms with Gasteiger partial charge in [-0.2, -0.15) is 0 Å². The zero-order chi connectivity index (χ0) is 41.3. The van der Waals surface area contributed by atoms with Gasteiger partial charge in [-0.1, -0.05) is 172 Å². The predicted octanol–water partition coefficient (Wildman–Crippen LogP) is 15.0. The standard InChI is InChI=1S/C60H45NO/c1-37-55(33-32-49-45-17-6-11-21-52(45)59(2,3)58(37)49)61(42-27-24-38(25-28-42)39-26-30-48-47-18-8-13-23-56(47)62-57(48)35-39)43-29-31-46-44-16-7-12-22-53(44)60(54(46)36-43)50-19-9-4-14-40(50)34-41-15-5-10-20-51(41)60/h4-33,35-37,55H,34H2,1-3H3. The number of anilines is 2. The van der Waals surface area contributed by atoms with E-state index < -0.39 is 5.41 Å². The SMILES string of the molecule is CC1C2=C(C=CC1N(c1ccc(-c3ccc4c(c3)oc3ccccc34)cc1)c1ccc3c(c1)C1(c4ccccc4Cc4ccccc41)c1ccccc1-3)c1ccccc1C2(C)C. The molecule has 0 N–H and O–H groups in total. The fourth-order valence-corrected chi connectivity index (χ4v) is 12.4. The fourth-order valence-electron chi connectivity index (χ4n) is 12.4. The zero-order valence-electron chi connectivity index (χ0n) is 35.2. The molecule has 0 bridgehead atoms. The Morgan fingerprint density at radius 3 is 1.87 bits per heavy atom. The van der Waals surface area contributed by atoms with Crippen molar-refractivity contribution in [2.75, 3.05) is 4.90 Å². The number of allylic oxidation sites excluding steroid dienone is 2. The van der Waals surface area contributed by atoms with Crippen molar-refractivity contribution in [3.05, 3.63) is 244 Å². The van der Waals surface area contributed by atoms with Crippen molar-refractivity contribution in [1.82, 2.24) is 0 Å². The minimum Gasteiger partial charge on any atom is -0.456 e. The van der Waals surface area contributed by atoms with Gasteiger partial charge in [0, 0.05) is 33.5 Å². The first-order valence-corrected chi connectivity index (χ1v) is 22.2. The van der Waals surface area contributed by atoms with Crippen LogP contribution in [0.5, 0.6) is 0 Å². The van der Waals surface area contributed by atoms with Gasteiger partial charge in [0.1, 0.15) is 11.2 Å². The van der Waals surface area contributed by atoms with Crippen LogP contribution in [0, 0.1) is 5.92 Å². The van der Waals surface area contributed by atoms with Gasteiger partial charge < -0.3 is 9.32 Å². The molecule has 2 unspecified atom stereocenters. The predicted molar refractivity (Wildman–Crippen MR) is 256 cm³/mol. The molecule has 8 aromatic carbocycles. The Hall–Kier alpha value is -7.16. The lowest BCUT2D eigenvalue weighted by Crippen LogP contribution is -2.40. The van der Waals surface area contributed by atoms with Crippen molar-refractivity contribution >= 4 is 38.9 Å². The van der Waals surface area contributed by atoms with Crippen molar-refractivity contribution < 1.29 is 4.42 Å². The van der Waals surface area contributed by atoms with E-state index in [4.69, 9.17) is 4.42 Å². The molecule has 9 aromatic rings. The minimum absolute atomic E-state index is 0.0730. The smallest absolute Gasteiger partial charge is 0.136 e. The van der Waals surface area contributed by atoms with E-state index >= 15 is 0 Å². The van der Waals surface area contributed by atoms with Crippen LogP contribution in [-0.4, -0.2) is 6.04 Å². The summed E-state index contributed by atoms with van der Waals surface area (Å²) < 4.78 is 6.33.